The van der Waals surface area contributed by atoms with E-state index in [1.807, 2.05) is 6.92 Å². The first-order valence-corrected chi connectivity index (χ1v) is 8.95. The van der Waals surface area contributed by atoms with Gasteiger partial charge in [0.25, 0.3) is 5.89 Å². The summed E-state index contributed by atoms with van der Waals surface area (Å²) in [6, 6.07) is 4.34. The summed E-state index contributed by atoms with van der Waals surface area (Å²) in [6.45, 7) is 4.20. The predicted octanol–water partition coefficient (Wildman–Crippen LogP) is 3.99. The molecule has 0 fully saturated rings. The van der Waals surface area contributed by atoms with Gasteiger partial charge >= 0.3 is 0 Å². The van der Waals surface area contributed by atoms with Crippen molar-refractivity contribution in [2.24, 2.45) is 0 Å². The Morgan fingerprint density at radius 2 is 2.00 bits per heavy atom. The number of halogens is 3. The zero-order chi connectivity index (χ0) is 21.0. The number of amides is 1. The molecule has 0 aliphatic carbocycles. The second-order valence-corrected chi connectivity index (χ2v) is 6.34. The summed E-state index contributed by atoms with van der Waals surface area (Å²) >= 11 is 0. The van der Waals surface area contributed by atoms with Crippen molar-refractivity contribution in [1.29, 1.82) is 0 Å². The molecule has 0 bridgehead atoms. The van der Waals surface area contributed by atoms with E-state index in [9.17, 15) is 18.0 Å². The van der Waals surface area contributed by atoms with Crippen molar-refractivity contribution >= 4 is 11.6 Å². The maximum absolute atomic E-state index is 13.8. The highest BCUT2D eigenvalue weighted by Crippen LogP contribution is 2.21. The summed E-state index contributed by atoms with van der Waals surface area (Å²) < 4.78 is 51.0. The number of aromatic nitrogens is 2. The molecule has 1 amide bonds. The molecule has 7 nitrogen and oxygen atoms in total. The number of benzene rings is 1. The molecule has 0 radical (unpaired) electrons. The van der Waals surface area contributed by atoms with Gasteiger partial charge in [-0.2, -0.15) is 0 Å². The molecule has 2 heterocycles. The number of carbonyl (C=O) groups excluding carboxylic acids is 1. The normalized spacial score (nSPS) is 12.3. The van der Waals surface area contributed by atoms with Crippen molar-refractivity contribution in [3.8, 4) is 11.7 Å². The lowest BCUT2D eigenvalue weighted by molar-refractivity contribution is -0.121. The Hall–Kier alpha value is -3.14. The number of nitrogens with zero attached hydrogens (tertiary/aromatic N) is 3. The van der Waals surface area contributed by atoms with Crippen molar-refractivity contribution in [1.82, 2.24) is 15.1 Å². The van der Waals surface area contributed by atoms with Crippen LogP contribution in [0.4, 0.5) is 18.9 Å². The van der Waals surface area contributed by atoms with Crippen molar-refractivity contribution in [3.63, 3.8) is 0 Å². The second kappa shape index (κ2) is 8.91. The van der Waals surface area contributed by atoms with Crippen molar-refractivity contribution < 1.29 is 26.8 Å². The van der Waals surface area contributed by atoms with Crippen LogP contribution in [0.15, 0.2) is 39.4 Å². The molecule has 29 heavy (non-hydrogen) atoms. The van der Waals surface area contributed by atoms with E-state index in [2.05, 4.69) is 15.5 Å². The number of rotatable bonds is 8. The van der Waals surface area contributed by atoms with Crippen LogP contribution in [0.25, 0.3) is 11.7 Å². The van der Waals surface area contributed by atoms with Crippen molar-refractivity contribution in [2.75, 3.05) is 11.9 Å². The first kappa shape index (κ1) is 20.6. The fourth-order valence-corrected chi connectivity index (χ4v) is 2.71. The van der Waals surface area contributed by atoms with E-state index in [4.69, 9.17) is 8.83 Å². The van der Waals surface area contributed by atoms with E-state index >= 15 is 0 Å². The van der Waals surface area contributed by atoms with Crippen LogP contribution >= 0.6 is 0 Å². The predicted molar refractivity (Wildman–Crippen MR) is 97.1 cm³/mol. The third-order valence-electron chi connectivity index (χ3n) is 4.27. The molecule has 1 aromatic carbocycles. The molecule has 0 aliphatic heterocycles. The lowest BCUT2D eigenvalue weighted by Gasteiger charge is -2.26. The van der Waals surface area contributed by atoms with Gasteiger partial charge < -0.3 is 14.2 Å². The van der Waals surface area contributed by atoms with Gasteiger partial charge in [-0.15, -0.1) is 10.2 Å². The Kier molecular flexibility index (Phi) is 6.32. The fraction of sp³-hybridized carbons (Fsp3) is 0.316. The van der Waals surface area contributed by atoms with E-state index in [1.165, 1.54) is 6.26 Å². The van der Waals surface area contributed by atoms with Crippen LogP contribution in [0, 0.1) is 17.5 Å². The molecule has 3 rings (SSSR count). The number of nitrogens with one attached hydrogen (secondary N) is 1. The van der Waals surface area contributed by atoms with Gasteiger partial charge in [-0.3, -0.25) is 9.69 Å². The molecule has 10 heteroatoms. The molecule has 1 N–H and O–H groups in total. The van der Waals surface area contributed by atoms with Crippen LogP contribution in [0.1, 0.15) is 26.2 Å². The maximum atomic E-state index is 13.8. The minimum Gasteiger partial charge on any atom is -0.459 e. The van der Waals surface area contributed by atoms with E-state index in [0.717, 1.165) is 18.6 Å². The average Bonchev–Trinajstić information content (AvgIpc) is 3.39. The highest BCUT2D eigenvalue weighted by molar-refractivity contribution is 5.94. The summed E-state index contributed by atoms with van der Waals surface area (Å²) in [7, 11) is 0. The van der Waals surface area contributed by atoms with Gasteiger partial charge in [-0.25, -0.2) is 13.2 Å². The standard InChI is InChI=1S/C19H19F3N4O3/c1-3-8-26(10-15-24-25-19(29-15)14-5-4-9-28-14)11(2)18(27)23-13-7-6-12(20)16(21)17(13)22/h4-7,9,11H,3,8,10H2,1-2H3,(H,23,27)/t11-/m1/s1. The van der Waals surface area contributed by atoms with Gasteiger partial charge in [0.2, 0.25) is 11.8 Å². The van der Waals surface area contributed by atoms with E-state index in [0.29, 0.717) is 12.3 Å². The molecule has 154 valence electrons. The van der Waals surface area contributed by atoms with Gasteiger partial charge in [0.1, 0.15) is 0 Å². The van der Waals surface area contributed by atoms with Crippen LogP contribution in [0.5, 0.6) is 0 Å². The highest BCUT2D eigenvalue weighted by atomic mass is 19.2. The highest BCUT2D eigenvalue weighted by Gasteiger charge is 2.25. The van der Waals surface area contributed by atoms with Gasteiger partial charge in [0.05, 0.1) is 24.5 Å². The molecule has 0 spiro atoms. The molecular formula is C19H19F3N4O3. The quantitative estimate of drug-likeness (QED) is 0.568. The SMILES string of the molecule is CCCN(Cc1nnc(-c2ccco2)o1)[C@H](C)C(=O)Nc1ccc(F)c(F)c1F. The third kappa shape index (κ3) is 4.65. The number of anilines is 1. The topological polar surface area (TPSA) is 84.4 Å². The first-order valence-electron chi connectivity index (χ1n) is 8.95. The number of hydrogen-bond donors (Lipinski definition) is 1. The molecule has 0 aliphatic rings. The molecule has 0 saturated carbocycles. The van der Waals surface area contributed by atoms with Crippen molar-refractivity contribution in [2.45, 2.75) is 32.9 Å². The van der Waals surface area contributed by atoms with Crippen LogP contribution in [-0.4, -0.2) is 33.6 Å². The Balaban J connectivity index is 1.71. The zero-order valence-corrected chi connectivity index (χ0v) is 15.8. The smallest absolute Gasteiger partial charge is 0.283 e. The monoisotopic (exact) mass is 408 g/mol. The van der Waals surface area contributed by atoms with Gasteiger partial charge in [0, 0.05) is 0 Å². The maximum Gasteiger partial charge on any atom is 0.283 e. The van der Waals surface area contributed by atoms with Gasteiger partial charge in [0.15, 0.2) is 23.2 Å². The molecular weight excluding hydrogens is 389 g/mol. The van der Waals surface area contributed by atoms with Crippen LogP contribution in [0.2, 0.25) is 0 Å². The first-order chi connectivity index (χ1) is 13.9. The lowest BCUT2D eigenvalue weighted by atomic mass is 10.2. The van der Waals surface area contributed by atoms with Crippen LogP contribution in [0.3, 0.4) is 0 Å². The van der Waals surface area contributed by atoms with Gasteiger partial charge in [-0.1, -0.05) is 6.92 Å². The average molecular weight is 408 g/mol. The van der Waals surface area contributed by atoms with Crippen LogP contribution in [-0.2, 0) is 11.3 Å². The van der Waals surface area contributed by atoms with E-state index in [-0.39, 0.29) is 18.3 Å². The summed E-state index contributed by atoms with van der Waals surface area (Å²) in [6.07, 6.45) is 2.20. The van der Waals surface area contributed by atoms with Gasteiger partial charge in [-0.05, 0) is 44.2 Å². The minimum atomic E-state index is -1.64. The molecule has 2 aromatic heterocycles. The molecule has 0 unspecified atom stereocenters. The Morgan fingerprint density at radius 3 is 2.69 bits per heavy atom. The Bertz CT molecular complexity index is 975. The molecule has 0 saturated heterocycles. The Labute approximate surface area is 164 Å². The lowest BCUT2D eigenvalue weighted by Crippen LogP contribution is -2.42. The van der Waals surface area contributed by atoms with Crippen molar-refractivity contribution in [3.05, 3.63) is 53.9 Å². The number of carbonyl (C=O) groups is 1. The minimum absolute atomic E-state index is 0.163. The van der Waals surface area contributed by atoms with E-state index < -0.39 is 35.1 Å². The molecule has 1 atom stereocenters. The number of hydrogen-bond acceptors (Lipinski definition) is 6. The fourth-order valence-electron chi connectivity index (χ4n) is 2.71. The summed E-state index contributed by atoms with van der Waals surface area (Å²) in [5.41, 5.74) is -0.435. The van der Waals surface area contributed by atoms with Crippen LogP contribution < -0.4 is 5.32 Å². The number of furan rings is 1. The third-order valence-corrected chi connectivity index (χ3v) is 4.27. The molecule has 3 aromatic rings. The second-order valence-electron chi connectivity index (χ2n) is 6.34. The summed E-state index contributed by atoms with van der Waals surface area (Å²) in [5.74, 6) is -4.11. The largest absolute Gasteiger partial charge is 0.459 e. The summed E-state index contributed by atoms with van der Waals surface area (Å²) in [4.78, 5) is 14.3. The Morgan fingerprint density at radius 1 is 1.21 bits per heavy atom. The summed E-state index contributed by atoms with van der Waals surface area (Å²) in [5, 5.41) is 10.1. The van der Waals surface area contributed by atoms with E-state index in [1.54, 1.807) is 24.0 Å². The zero-order valence-electron chi connectivity index (χ0n) is 15.8.